The molecule has 2 aromatic rings. The van der Waals surface area contributed by atoms with E-state index in [1.807, 2.05) is 24.3 Å². The number of nitrogens with one attached hydrogen (secondary N) is 4. The maximum absolute atomic E-state index is 14.1. The Hall–Kier alpha value is -3.81. The Bertz CT molecular complexity index is 1130. The number of carboxylic acids is 1. The van der Waals surface area contributed by atoms with Gasteiger partial charge in [0.05, 0.1) is 12.5 Å². The molecule has 2 aliphatic rings. The second-order valence-corrected chi connectivity index (χ2v) is 8.69. The lowest BCUT2D eigenvalue weighted by atomic mass is 10.1. The first kappa shape index (κ1) is 24.3. The minimum absolute atomic E-state index is 0.0270. The van der Waals surface area contributed by atoms with Crippen LogP contribution in [-0.2, 0) is 19.2 Å². The van der Waals surface area contributed by atoms with Gasteiger partial charge in [0.15, 0.2) is 6.17 Å². The lowest BCUT2D eigenvalue weighted by Crippen LogP contribution is -2.72. The second-order valence-electron chi connectivity index (χ2n) is 8.69. The fraction of sp³-hybridized carbons (Fsp3) is 0.409. The van der Waals surface area contributed by atoms with Crippen LogP contribution in [0.25, 0.3) is 10.9 Å². The van der Waals surface area contributed by atoms with Gasteiger partial charge in [-0.15, -0.1) is 0 Å². The van der Waals surface area contributed by atoms with Crippen LogP contribution in [0.3, 0.4) is 0 Å². The Labute approximate surface area is 199 Å². The van der Waals surface area contributed by atoms with Crippen LogP contribution in [0.15, 0.2) is 30.3 Å². The first-order chi connectivity index (χ1) is 16.7. The van der Waals surface area contributed by atoms with E-state index in [2.05, 4.69) is 20.9 Å². The van der Waals surface area contributed by atoms with Gasteiger partial charge < -0.3 is 25.4 Å². The quantitative estimate of drug-likeness (QED) is 0.195. The molecule has 186 valence electrons. The van der Waals surface area contributed by atoms with Crippen molar-refractivity contribution < 1.29 is 33.8 Å². The summed E-state index contributed by atoms with van der Waals surface area (Å²) in [6.45, 7) is -0.489. The number of hydrogen-bond donors (Lipinski definition) is 5. The molecule has 4 atom stereocenters. The zero-order chi connectivity index (χ0) is 25.2. The highest BCUT2D eigenvalue weighted by molar-refractivity contribution is 5.98. The molecule has 0 bridgehead atoms. The standard InChI is InChI=1S/C22H26N6O7/c29-11-15(8-20(31)32)24-21(33)14-9-23-12-27-19(30)6-5-18(28(27,35)10-14)26-22(34)17-7-13-3-1-2-4-16(13)25-17/h1-4,7,11,14-15,18,23,25H,5-6,8-10,12H2,(H,24,33)(H,26,34)(H,31,32). The normalized spacial score (nSPS) is 25.3. The van der Waals surface area contributed by atoms with E-state index >= 15 is 0 Å². The van der Waals surface area contributed by atoms with Crippen LogP contribution in [0.2, 0.25) is 0 Å². The fourth-order valence-electron chi connectivity index (χ4n) is 4.50. The Kier molecular flexibility index (Phi) is 6.82. The number of nitrogens with zero attached hydrogens (tertiary/aromatic N) is 2. The third-order valence-electron chi connectivity index (χ3n) is 6.28. The van der Waals surface area contributed by atoms with Crippen LogP contribution < -0.4 is 16.0 Å². The third-order valence-corrected chi connectivity index (χ3v) is 6.28. The summed E-state index contributed by atoms with van der Waals surface area (Å²) in [5, 5.41) is 32.8. The number of carboxylic acid groups (broad SMARTS) is 1. The molecule has 1 aromatic heterocycles. The molecule has 13 heteroatoms. The summed E-state index contributed by atoms with van der Waals surface area (Å²) in [4.78, 5) is 63.4. The van der Waals surface area contributed by atoms with Gasteiger partial charge in [0.1, 0.15) is 31.1 Å². The van der Waals surface area contributed by atoms with Gasteiger partial charge in [-0.1, -0.05) is 18.2 Å². The molecular formula is C22H26N6O7. The van der Waals surface area contributed by atoms with E-state index in [9.17, 15) is 29.2 Å². The van der Waals surface area contributed by atoms with E-state index < -0.39 is 53.0 Å². The average Bonchev–Trinajstić information content (AvgIpc) is 3.17. The van der Waals surface area contributed by atoms with Crippen molar-refractivity contribution in [2.24, 2.45) is 5.92 Å². The summed E-state index contributed by atoms with van der Waals surface area (Å²) in [5.41, 5.74) is 1.01. The summed E-state index contributed by atoms with van der Waals surface area (Å²) < 4.78 is -1.28. The maximum atomic E-state index is 14.1. The molecule has 4 rings (SSSR count). The number of H-pyrrole nitrogens is 1. The Morgan fingerprint density at radius 2 is 2.09 bits per heavy atom. The topological polar surface area (TPSA) is 184 Å². The van der Waals surface area contributed by atoms with Crippen molar-refractivity contribution in [3.8, 4) is 0 Å². The zero-order valence-electron chi connectivity index (χ0n) is 18.7. The SMILES string of the molecule is O=CC(CC(=O)O)NC(=O)C1CNCN2C(=O)CCC(NC(=O)c3cc4ccccc4[nH]3)[N+]2([O-])C1. The van der Waals surface area contributed by atoms with Gasteiger partial charge in [0.25, 0.3) is 11.8 Å². The summed E-state index contributed by atoms with van der Waals surface area (Å²) in [6, 6.07) is 7.72. The van der Waals surface area contributed by atoms with E-state index in [0.29, 0.717) is 6.29 Å². The zero-order valence-corrected chi connectivity index (χ0v) is 18.7. The van der Waals surface area contributed by atoms with Gasteiger partial charge in [-0.05, 0) is 12.1 Å². The van der Waals surface area contributed by atoms with Crippen LogP contribution in [0.1, 0.15) is 29.8 Å². The molecule has 0 aliphatic carbocycles. The number of benzene rings is 1. The van der Waals surface area contributed by atoms with Crippen LogP contribution in [-0.4, -0.2) is 81.8 Å². The van der Waals surface area contributed by atoms with E-state index in [-0.39, 0.29) is 38.3 Å². The van der Waals surface area contributed by atoms with Crippen molar-refractivity contribution in [3.63, 3.8) is 0 Å². The third kappa shape index (κ3) is 5.01. The molecule has 2 aliphatic heterocycles. The van der Waals surface area contributed by atoms with Crippen LogP contribution in [0.5, 0.6) is 0 Å². The van der Waals surface area contributed by atoms with Gasteiger partial charge in [0, 0.05) is 30.3 Å². The van der Waals surface area contributed by atoms with Crippen LogP contribution >= 0.6 is 0 Å². The number of quaternary nitrogens is 1. The number of aromatic nitrogens is 1. The van der Waals surface area contributed by atoms with Crippen molar-refractivity contribution in [2.75, 3.05) is 19.8 Å². The number of aromatic amines is 1. The highest BCUT2D eigenvalue weighted by atomic mass is 16.6. The predicted octanol–water partition coefficient (Wildman–Crippen LogP) is -0.589. The fourth-order valence-corrected chi connectivity index (χ4v) is 4.50. The summed E-state index contributed by atoms with van der Waals surface area (Å²) in [6.07, 6.45) is -1.19. The molecular weight excluding hydrogens is 460 g/mol. The summed E-state index contributed by atoms with van der Waals surface area (Å²) in [5.74, 6) is -3.87. The molecule has 2 saturated heterocycles. The maximum Gasteiger partial charge on any atom is 0.305 e. The molecule has 35 heavy (non-hydrogen) atoms. The summed E-state index contributed by atoms with van der Waals surface area (Å²) >= 11 is 0. The van der Waals surface area contributed by atoms with Crippen molar-refractivity contribution in [3.05, 3.63) is 41.2 Å². The highest BCUT2D eigenvalue weighted by Gasteiger charge is 2.48. The molecule has 4 unspecified atom stereocenters. The van der Waals surface area contributed by atoms with E-state index in [4.69, 9.17) is 5.11 Å². The minimum atomic E-state index is -1.28. The number of amides is 3. The molecule has 0 spiro atoms. The number of rotatable bonds is 7. The predicted molar refractivity (Wildman–Crippen MR) is 121 cm³/mol. The molecule has 2 fully saturated rings. The first-order valence-corrected chi connectivity index (χ1v) is 11.2. The van der Waals surface area contributed by atoms with Crippen molar-refractivity contribution in [1.29, 1.82) is 0 Å². The minimum Gasteiger partial charge on any atom is -0.604 e. The number of hydrogen-bond acceptors (Lipinski definition) is 7. The lowest BCUT2D eigenvalue weighted by Gasteiger charge is -2.55. The molecule has 3 heterocycles. The largest absolute Gasteiger partial charge is 0.604 e. The lowest BCUT2D eigenvalue weighted by molar-refractivity contribution is -1.01. The molecule has 0 saturated carbocycles. The second kappa shape index (κ2) is 9.82. The smallest absolute Gasteiger partial charge is 0.305 e. The number of fused-ring (bicyclic) bond motifs is 2. The Balaban J connectivity index is 1.54. The van der Waals surface area contributed by atoms with Gasteiger partial charge >= 0.3 is 5.97 Å². The average molecular weight is 486 g/mol. The number of carbonyl (C=O) groups excluding carboxylic acids is 4. The van der Waals surface area contributed by atoms with Gasteiger partial charge in [0.2, 0.25) is 5.91 Å². The van der Waals surface area contributed by atoms with E-state index in [1.165, 1.54) is 0 Å². The molecule has 5 N–H and O–H groups in total. The van der Waals surface area contributed by atoms with Crippen LogP contribution in [0, 0.1) is 11.1 Å². The molecule has 1 aromatic carbocycles. The van der Waals surface area contributed by atoms with Crippen molar-refractivity contribution in [1.82, 2.24) is 25.9 Å². The molecule has 0 radical (unpaired) electrons. The molecule has 13 nitrogen and oxygen atoms in total. The number of hydroxylamine groups is 2. The van der Waals surface area contributed by atoms with Crippen molar-refractivity contribution >= 4 is 40.9 Å². The molecule has 3 amide bonds. The van der Waals surface area contributed by atoms with E-state index in [0.717, 1.165) is 15.9 Å². The monoisotopic (exact) mass is 486 g/mol. The van der Waals surface area contributed by atoms with Crippen molar-refractivity contribution in [2.45, 2.75) is 31.5 Å². The number of para-hydroxylation sites is 1. The number of carbonyl (C=O) groups is 5. The van der Waals surface area contributed by atoms with Crippen LogP contribution in [0.4, 0.5) is 0 Å². The number of aldehydes is 1. The first-order valence-electron chi connectivity index (χ1n) is 11.2. The van der Waals surface area contributed by atoms with Gasteiger partial charge in [-0.25, -0.2) is 4.76 Å². The Morgan fingerprint density at radius 3 is 2.80 bits per heavy atom. The van der Waals surface area contributed by atoms with E-state index in [1.54, 1.807) is 6.07 Å². The highest BCUT2D eigenvalue weighted by Crippen LogP contribution is 2.29. The Morgan fingerprint density at radius 1 is 1.31 bits per heavy atom. The van der Waals surface area contributed by atoms with Gasteiger partial charge in [-0.3, -0.25) is 29.8 Å². The van der Waals surface area contributed by atoms with Gasteiger partial charge in [-0.2, -0.15) is 5.01 Å². The number of aliphatic carboxylic acids is 1. The summed E-state index contributed by atoms with van der Waals surface area (Å²) in [7, 11) is 0.